The summed E-state index contributed by atoms with van der Waals surface area (Å²) in [6, 6.07) is 0. The van der Waals surface area contributed by atoms with E-state index in [1.54, 1.807) is 19.5 Å². The average molecular weight is 222 g/mol. The molecule has 1 heterocycles. The molecule has 88 valence electrons. The number of hydrogen-bond donors (Lipinski definition) is 1. The third-order valence-corrected chi connectivity index (χ3v) is 3.40. The second kappa shape index (κ2) is 4.37. The van der Waals surface area contributed by atoms with Gasteiger partial charge >= 0.3 is 0 Å². The molecule has 1 aliphatic rings. The molecule has 0 spiro atoms. The predicted octanol–water partition coefficient (Wildman–Crippen LogP) is 1.88. The van der Waals surface area contributed by atoms with E-state index in [0.717, 1.165) is 25.7 Å². The highest BCUT2D eigenvalue weighted by Crippen LogP contribution is 2.40. The molecule has 0 saturated heterocycles. The third-order valence-electron chi connectivity index (χ3n) is 3.40. The lowest BCUT2D eigenvalue weighted by molar-refractivity contribution is -0.0182. The molecule has 1 fully saturated rings. The Morgan fingerprint density at radius 3 is 2.56 bits per heavy atom. The fraction of sp³-hybridized carbons (Fsp3) is 0.667. The summed E-state index contributed by atoms with van der Waals surface area (Å²) in [6.45, 7) is 2.22. The molecule has 0 amide bonds. The van der Waals surface area contributed by atoms with Crippen LogP contribution in [0.5, 0.6) is 5.88 Å². The lowest BCUT2D eigenvalue weighted by Gasteiger charge is -2.34. The van der Waals surface area contributed by atoms with Gasteiger partial charge in [-0.15, -0.1) is 0 Å². The van der Waals surface area contributed by atoms with Gasteiger partial charge in [-0.2, -0.15) is 0 Å². The molecule has 1 aromatic rings. The Balaban J connectivity index is 2.28. The fourth-order valence-electron chi connectivity index (χ4n) is 2.27. The van der Waals surface area contributed by atoms with Gasteiger partial charge in [-0.3, -0.25) is 4.98 Å². The Hall–Kier alpha value is -1.16. The Morgan fingerprint density at radius 2 is 1.94 bits per heavy atom. The molecule has 1 aliphatic carbocycles. The van der Waals surface area contributed by atoms with Crippen molar-refractivity contribution in [3.63, 3.8) is 0 Å². The van der Waals surface area contributed by atoms with Gasteiger partial charge in [-0.05, 0) is 31.6 Å². The standard InChI is InChI=1S/C12H18N2O2/c1-9-3-5-12(15,6-4-9)10-11(16-2)14-8-7-13-10/h7-9,15H,3-6H2,1-2H3. The van der Waals surface area contributed by atoms with Crippen molar-refractivity contribution >= 4 is 0 Å². The number of nitrogens with zero attached hydrogens (tertiary/aromatic N) is 2. The minimum absolute atomic E-state index is 0.444. The lowest BCUT2D eigenvalue weighted by atomic mass is 9.78. The molecule has 0 radical (unpaired) electrons. The van der Waals surface area contributed by atoms with Crippen molar-refractivity contribution in [1.29, 1.82) is 0 Å². The van der Waals surface area contributed by atoms with E-state index in [0.29, 0.717) is 17.5 Å². The predicted molar refractivity (Wildman–Crippen MR) is 60.1 cm³/mol. The summed E-state index contributed by atoms with van der Waals surface area (Å²) in [5.41, 5.74) is -0.268. The molecule has 2 rings (SSSR count). The minimum Gasteiger partial charge on any atom is -0.480 e. The van der Waals surface area contributed by atoms with Gasteiger partial charge in [-0.1, -0.05) is 6.92 Å². The van der Waals surface area contributed by atoms with Gasteiger partial charge in [0, 0.05) is 12.4 Å². The first-order valence-corrected chi connectivity index (χ1v) is 5.73. The van der Waals surface area contributed by atoms with E-state index in [1.165, 1.54) is 0 Å². The summed E-state index contributed by atoms with van der Waals surface area (Å²) in [5.74, 6) is 1.13. The van der Waals surface area contributed by atoms with Crippen molar-refractivity contribution in [1.82, 2.24) is 9.97 Å². The van der Waals surface area contributed by atoms with Crippen molar-refractivity contribution in [3.8, 4) is 5.88 Å². The van der Waals surface area contributed by atoms with Crippen LogP contribution in [0, 0.1) is 5.92 Å². The van der Waals surface area contributed by atoms with Crippen molar-refractivity contribution < 1.29 is 9.84 Å². The number of aromatic nitrogens is 2. The van der Waals surface area contributed by atoms with Crippen LogP contribution in [0.2, 0.25) is 0 Å². The molecular weight excluding hydrogens is 204 g/mol. The number of aliphatic hydroxyl groups is 1. The summed E-state index contributed by atoms with van der Waals surface area (Å²) in [7, 11) is 1.56. The van der Waals surface area contributed by atoms with E-state index in [1.807, 2.05) is 0 Å². The molecule has 1 N–H and O–H groups in total. The molecule has 0 aliphatic heterocycles. The highest BCUT2D eigenvalue weighted by atomic mass is 16.5. The Labute approximate surface area is 95.7 Å². The summed E-state index contributed by atoms with van der Waals surface area (Å²) < 4.78 is 5.16. The molecule has 0 aromatic carbocycles. The first-order valence-electron chi connectivity index (χ1n) is 5.73. The zero-order valence-electron chi connectivity index (χ0n) is 9.81. The van der Waals surface area contributed by atoms with Gasteiger partial charge in [0.15, 0.2) is 0 Å². The lowest BCUT2D eigenvalue weighted by Crippen LogP contribution is -2.32. The van der Waals surface area contributed by atoms with Crippen LogP contribution in [0.15, 0.2) is 12.4 Å². The maximum atomic E-state index is 10.6. The first kappa shape index (κ1) is 11.3. The monoisotopic (exact) mass is 222 g/mol. The summed E-state index contributed by atoms with van der Waals surface area (Å²) >= 11 is 0. The van der Waals surface area contributed by atoms with Gasteiger partial charge in [-0.25, -0.2) is 4.98 Å². The van der Waals surface area contributed by atoms with Gasteiger partial charge in [0.1, 0.15) is 11.3 Å². The summed E-state index contributed by atoms with van der Waals surface area (Å²) in [5, 5.41) is 10.6. The molecule has 1 aromatic heterocycles. The maximum Gasteiger partial charge on any atom is 0.238 e. The van der Waals surface area contributed by atoms with Crippen molar-refractivity contribution in [2.45, 2.75) is 38.2 Å². The largest absolute Gasteiger partial charge is 0.480 e. The summed E-state index contributed by atoms with van der Waals surface area (Å²) in [4.78, 5) is 8.32. The Morgan fingerprint density at radius 1 is 1.31 bits per heavy atom. The van der Waals surface area contributed by atoms with E-state index in [4.69, 9.17) is 4.74 Å². The Kier molecular flexibility index (Phi) is 3.10. The molecule has 0 atom stereocenters. The van der Waals surface area contributed by atoms with Gasteiger partial charge in [0.05, 0.1) is 7.11 Å². The van der Waals surface area contributed by atoms with Crippen LogP contribution in [-0.2, 0) is 5.60 Å². The zero-order chi connectivity index (χ0) is 11.6. The minimum atomic E-state index is -0.855. The number of hydrogen-bond acceptors (Lipinski definition) is 4. The van der Waals surface area contributed by atoms with Crippen LogP contribution in [0.4, 0.5) is 0 Å². The van der Waals surface area contributed by atoms with Crippen LogP contribution < -0.4 is 4.74 Å². The van der Waals surface area contributed by atoms with E-state index >= 15 is 0 Å². The second-order valence-electron chi connectivity index (χ2n) is 4.63. The Bertz CT molecular complexity index is 360. The van der Waals surface area contributed by atoms with Gasteiger partial charge < -0.3 is 9.84 Å². The van der Waals surface area contributed by atoms with Crippen LogP contribution in [-0.4, -0.2) is 22.2 Å². The SMILES string of the molecule is COc1nccnc1C1(O)CCC(C)CC1. The topological polar surface area (TPSA) is 55.2 Å². The van der Waals surface area contributed by atoms with Crippen molar-refractivity contribution in [2.75, 3.05) is 7.11 Å². The van der Waals surface area contributed by atoms with Crippen molar-refractivity contribution in [2.24, 2.45) is 5.92 Å². The second-order valence-corrected chi connectivity index (χ2v) is 4.63. The van der Waals surface area contributed by atoms with Crippen LogP contribution in [0.3, 0.4) is 0 Å². The quantitative estimate of drug-likeness (QED) is 0.830. The van der Waals surface area contributed by atoms with E-state index in [-0.39, 0.29) is 0 Å². The average Bonchev–Trinajstić information content (AvgIpc) is 2.33. The molecule has 1 saturated carbocycles. The number of rotatable bonds is 2. The maximum absolute atomic E-state index is 10.6. The molecule has 16 heavy (non-hydrogen) atoms. The first-order chi connectivity index (χ1) is 7.65. The van der Waals surface area contributed by atoms with Crippen LogP contribution in [0.25, 0.3) is 0 Å². The van der Waals surface area contributed by atoms with E-state index in [2.05, 4.69) is 16.9 Å². The molecule has 4 heteroatoms. The third kappa shape index (κ3) is 2.02. The highest BCUT2D eigenvalue weighted by Gasteiger charge is 2.37. The number of methoxy groups -OCH3 is 1. The normalized spacial score (nSPS) is 30.1. The number of ether oxygens (including phenoxy) is 1. The zero-order valence-corrected chi connectivity index (χ0v) is 9.81. The molecular formula is C12H18N2O2. The van der Waals surface area contributed by atoms with E-state index < -0.39 is 5.60 Å². The molecule has 4 nitrogen and oxygen atoms in total. The summed E-state index contributed by atoms with van der Waals surface area (Å²) in [6.07, 6.45) is 6.71. The van der Waals surface area contributed by atoms with Gasteiger partial charge in [0.2, 0.25) is 5.88 Å². The van der Waals surface area contributed by atoms with Crippen LogP contribution in [0.1, 0.15) is 38.3 Å². The van der Waals surface area contributed by atoms with Crippen molar-refractivity contribution in [3.05, 3.63) is 18.1 Å². The van der Waals surface area contributed by atoms with Crippen LogP contribution >= 0.6 is 0 Å². The fourth-order valence-corrected chi connectivity index (χ4v) is 2.27. The highest BCUT2D eigenvalue weighted by molar-refractivity contribution is 5.24. The smallest absolute Gasteiger partial charge is 0.238 e. The molecule has 0 unspecified atom stereocenters. The molecule has 0 bridgehead atoms. The van der Waals surface area contributed by atoms with E-state index in [9.17, 15) is 5.11 Å². The van der Waals surface area contributed by atoms with Gasteiger partial charge in [0.25, 0.3) is 0 Å².